The first kappa shape index (κ1) is 26.4. The monoisotopic (exact) mass is 455 g/mol. The molecular weight excluding hydrogens is 418 g/mol. The van der Waals surface area contributed by atoms with Gasteiger partial charge >= 0.3 is 5.97 Å². The van der Waals surface area contributed by atoms with Crippen LogP contribution in [0.25, 0.3) is 0 Å². The molecule has 0 fully saturated rings. The Labute approximate surface area is 197 Å². The highest BCUT2D eigenvalue weighted by molar-refractivity contribution is 5.77. The Morgan fingerprint density at radius 3 is 2.27 bits per heavy atom. The molecule has 1 N–H and O–H groups in total. The maximum atomic E-state index is 12.9. The highest BCUT2D eigenvalue weighted by atomic mass is 16.5. The summed E-state index contributed by atoms with van der Waals surface area (Å²) >= 11 is 0. The number of unbranched alkanes of at least 4 members (excludes halogenated alkanes) is 3. The van der Waals surface area contributed by atoms with E-state index in [0.29, 0.717) is 18.9 Å². The van der Waals surface area contributed by atoms with Crippen molar-refractivity contribution < 1.29 is 24.2 Å². The smallest absolute Gasteiger partial charge is 0.333 e. The molecule has 6 nitrogen and oxygen atoms in total. The summed E-state index contributed by atoms with van der Waals surface area (Å²) in [5.41, 5.74) is 2.06. The van der Waals surface area contributed by atoms with E-state index >= 15 is 0 Å². The lowest BCUT2D eigenvalue weighted by Crippen LogP contribution is -2.37. The first-order chi connectivity index (χ1) is 16.0. The van der Waals surface area contributed by atoms with Gasteiger partial charge in [0.2, 0.25) is 0 Å². The van der Waals surface area contributed by atoms with Crippen molar-refractivity contribution in [3.63, 3.8) is 0 Å². The molecule has 6 heteroatoms. The molecule has 0 aromatic heterocycles. The van der Waals surface area contributed by atoms with Gasteiger partial charge in [-0.05, 0) is 43.0 Å². The van der Waals surface area contributed by atoms with Crippen molar-refractivity contribution in [2.45, 2.75) is 58.5 Å². The number of benzene rings is 2. The zero-order valence-electron chi connectivity index (χ0n) is 19.9. The number of carbonyl (C=O) groups is 2. The van der Waals surface area contributed by atoms with E-state index in [9.17, 15) is 14.7 Å². The van der Waals surface area contributed by atoms with Crippen LogP contribution < -0.4 is 4.74 Å². The van der Waals surface area contributed by atoms with E-state index < -0.39 is 12.1 Å². The predicted octanol–water partition coefficient (Wildman–Crippen LogP) is 4.75. The van der Waals surface area contributed by atoms with Crippen LogP contribution in [0.15, 0.2) is 54.6 Å². The molecule has 33 heavy (non-hydrogen) atoms. The molecule has 0 unspecified atom stereocenters. The molecule has 0 spiro atoms. The van der Waals surface area contributed by atoms with Crippen molar-refractivity contribution in [1.82, 2.24) is 4.90 Å². The van der Waals surface area contributed by atoms with E-state index in [2.05, 4.69) is 19.1 Å². The number of aliphatic carboxylic acids is 1. The highest BCUT2D eigenvalue weighted by Crippen LogP contribution is 2.15. The van der Waals surface area contributed by atoms with Crippen LogP contribution in [0.3, 0.4) is 0 Å². The van der Waals surface area contributed by atoms with Crippen LogP contribution in [0.1, 0.15) is 50.7 Å². The average Bonchev–Trinajstić information content (AvgIpc) is 2.83. The topological polar surface area (TPSA) is 76.1 Å². The summed E-state index contributed by atoms with van der Waals surface area (Å²) < 4.78 is 11.0. The van der Waals surface area contributed by atoms with Gasteiger partial charge in [-0.1, -0.05) is 68.7 Å². The van der Waals surface area contributed by atoms with Gasteiger partial charge in [0.1, 0.15) is 5.75 Å². The lowest BCUT2D eigenvalue weighted by molar-refractivity contribution is -0.150. The number of ether oxygens (including phenoxy) is 2. The Hall–Kier alpha value is -2.86. The first-order valence-corrected chi connectivity index (χ1v) is 11.9. The van der Waals surface area contributed by atoms with Crippen LogP contribution in [0.5, 0.6) is 5.75 Å². The third-order valence-electron chi connectivity index (χ3n) is 5.50. The fraction of sp³-hybridized carbons (Fsp3) is 0.481. The van der Waals surface area contributed by atoms with Crippen molar-refractivity contribution >= 4 is 11.9 Å². The molecule has 2 aromatic rings. The number of nitrogens with zero attached hydrogens (tertiary/aromatic N) is 1. The maximum Gasteiger partial charge on any atom is 0.333 e. The standard InChI is InChI=1S/C27H37NO5/c1-3-5-6-10-18-28(19-17-22-11-8-7-9-12-22)26(29)21-33-24-15-13-23(14-16-24)20-25(27(30)31)32-4-2/h7-9,11-16,25H,3-6,10,17-21H2,1-2H3,(H,30,31)/t25-/m0/s1. The second-order valence-electron chi connectivity index (χ2n) is 8.10. The maximum absolute atomic E-state index is 12.9. The summed E-state index contributed by atoms with van der Waals surface area (Å²) in [6.07, 6.45) is 4.69. The summed E-state index contributed by atoms with van der Waals surface area (Å²) in [5.74, 6) is -0.407. The van der Waals surface area contributed by atoms with Crippen LogP contribution in [0, 0.1) is 0 Å². The van der Waals surface area contributed by atoms with E-state index in [4.69, 9.17) is 9.47 Å². The fourth-order valence-electron chi connectivity index (χ4n) is 3.59. The van der Waals surface area contributed by atoms with Crippen molar-refractivity contribution in [1.29, 1.82) is 0 Å². The number of amides is 1. The molecule has 0 aliphatic rings. The van der Waals surface area contributed by atoms with Gasteiger partial charge in [-0.25, -0.2) is 4.79 Å². The molecule has 0 saturated carbocycles. The van der Waals surface area contributed by atoms with Gasteiger partial charge in [-0.2, -0.15) is 0 Å². The molecule has 0 aliphatic carbocycles. The van der Waals surface area contributed by atoms with Crippen LogP contribution in [-0.4, -0.2) is 54.3 Å². The lowest BCUT2D eigenvalue weighted by Gasteiger charge is -2.23. The van der Waals surface area contributed by atoms with Crippen molar-refractivity contribution in [2.75, 3.05) is 26.3 Å². The summed E-state index contributed by atoms with van der Waals surface area (Å²) in [6.45, 7) is 5.69. The van der Waals surface area contributed by atoms with Crippen LogP contribution >= 0.6 is 0 Å². The summed E-state index contributed by atoms with van der Waals surface area (Å²) in [6, 6.07) is 17.3. The first-order valence-electron chi connectivity index (χ1n) is 11.9. The number of hydrogen-bond acceptors (Lipinski definition) is 4. The Morgan fingerprint density at radius 1 is 0.909 bits per heavy atom. The largest absolute Gasteiger partial charge is 0.484 e. The van der Waals surface area contributed by atoms with Crippen LogP contribution in [-0.2, 0) is 27.2 Å². The number of carbonyl (C=O) groups excluding carboxylic acids is 1. The zero-order chi connectivity index (χ0) is 23.9. The molecule has 180 valence electrons. The fourth-order valence-corrected chi connectivity index (χ4v) is 3.59. The summed E-state index contributed by atoms with van der Waals surface area (Å²) in [7, 11) is 0. The van der Waals surface area contributed by atoms with E-state index in [0.717, 1.165) is 37.8 Å². The van der Waals surface area contributed by atoms with Gasteiger partial charge in [0.15, 0.2) is 12.7 Å². The Balaban J connectivity index is 1.89. The molecule has 2 rings (SSSR count). The normalized spacial score (nSPS) is 11.7. The SMILES string of the molecule is CCCCCCN(CCc1ccccc1)C(=O)COc1ccc(C[C@H](OCC)C(=O)O)cc1. The van der Waals surface area contributed by atoms with E-state index in [1.54, 1.807) is 19.1 Å². The van der Waals surface area contributed by atoms with Crippen molar-refractivity contribution in [3.05, 3.63) is 65.7 Å². The van der Waals surface area contributed by atoms with Gasteiger partial charge in [-0.15, -0.1) is 0 Å². The van der Waals surface area contributed by atoms with E-state index in [-0.39, 0.29) is 18.9 Å². The average molecular weight is 456 g/mol. The third kappa shape index (κ3) is 10.1. The molecular formula is C27H37NO5. The molecule has 1 amide bonds. The van der Waals surface area contributed by atoms with Gasteiger partial charge in [0, 0.05) is 26.1 Å². The molecule has 0 aliphatic heterocycles. The lowest BCUT2D eigenvalue weighted by atomic mass is 10.1. The number of carboxylic acids is 1. The quantitative estimate of drug-likeness (QED) is 0.370. The minimum absolute atomic E-state index is 0.0153. The second kappa shape index (κ2) is 15.1. The Kier molecular flexibility index (Phi) is 12.0. The summed E-state index contributed by atoms with van der Waals surface area (Å²) in [5, 5.41) is 9.23. The van der Waals surface area contributed by atoms with Crippen LogP contribution in [0.2, 0.25) is 0 Å². The number of hydrogen-bond donors (Lipinski definition) is 1. The molecule has 1 atom stereocenters. The van der Waals surface area contributed by atoms with Crippen molar-refractivity contribution in [3.8, 4) is 5.75 Å². The molecule has 0 bridgehead atoms. The Morgan fingerprint density at radius 2 is 1.64 bits per heavy atom. The number of carboxylic acid groups (broad SMARTS) is 1. The van der Waals surface area contributed by atoms with Crippen LogP contribution in [0.4, 0.5) is 0 Å². The number of rotatable bonds is 16. The van der Waals surface area contributed by atoms with E-state index in [1.165, 1.54) is 12.0 Å². The minimum atomic E-state index is -0.975. The van der Waals surface area contributed by atoms with E-state index in [1.807, 2.05) is 35.2 Å². The second-order valence-corrected chi connectivity index (χ2v) is 8.10. The highest BCUT2D eigenvalue weighted by Gasteiger charge is 2.18. The molecule has 0 saturated heterocycles. The van der Waals surface area contributed by atoms with Gasteiger partial charge in [0.05, 0.1) is 0 Å². The molecule has 2 aromatic carbocycles. The molecule has 0 heterocycles. The zero-order valence-corrected chi connectivity index (χ0v) is 19.9. The Bertz CT molecular complexity index is 822. The van der Waals surface area contributed by atoms with Gasteiger partial charge < -0.3 is 19.5 Å². The predicted molar refractivity (Wildman–Crippen MR) is 130 cm³/mol. The third-order valence-corrected chi connectivity index (χ3v) is 5.50. The minimum Gasteiger partial charge on any atom is -0.484 e. The summed E-state index contributed by atoms with van der Waals surface area (Å²) in [4.78, 5) is 26.0. The van der Waals surface area contributed by atoms with Crippen molar-refractivity contribution in [2.24, 2.45) is 0 Å². The van der Waals surface area contributed by atoms with Gasteiger partial charge in [-0.3, -0.25) is 4.79 Å². The van der Waals surface area contributed by atoms with Gasteiger partial charge in [0.25, 0.3) is 5.91 Å². The molecule has 0 radical (unpaired) electrons.